The lowest BCUT2D eigenvalue weighted by Gasteiger charge is -2.26. The zero-order valence-corrected chi connectivity index (χ0v) is 19.4. The van der Waals surface area contributed by atoms with Gasteiger partial charge < -0.3 is 20.1 Å². The van der Waals surface area contributed by atoms with Crippen LogP contribution >= 0.6 is 0 Å². The highest BCUT2D eigenvalue weighted by Gasteiger charge is 2.28. The molecule has 0 radical (unpaired) electrons. The molecule has 172 valence electrons. The quantitative estimate of drug-likeness (QED) is 0.512. The summed E-state index contributed by atoms with van der Waals surface area (Å²) < 4.78 is 10.5. The van der Waals surface area contributed by atoms with Gasteiger partial charge in [0.2, 0.25) is 5.91 Å². The fourth-order valence-electron chi connectivity index (χ4n) is 3.58. The molecule has 2 amide bonds. The van der Waals surface area contributed by atoms with Gasteiger partial charge in [0.15, 0.2) is 0 Å². The number of nitrogens with one attached hydrogen (secondary N) is 2. The van der Waals surface area contributed by atoms with Crippen molar-refractivity contribution in [3.8, 4) is 11.5 Å². The predicted octanol–water partition coefficient (Wildman–Crippen LogP) is 4.36. The van der Waals surface area contributed by atoms with E-state index in [4.69, 9.17) is 9.47 Å². The van der Waals surface area contributed by atoms with Gasteiger partial charge in [0, 0.05) is 11.6 Å². The second kappa shape index (κ2) is 11.2. The van der Waals surface area contributed by atoms with Crippen LogP contribution in [-0.2, 0) is 4.79 Å². The summed E-state index contributed by atoms with van der Waals surface area (Å²) in [5.74, 6) is 0.230. The van der Waals surface area contributed by atoms with Gasteiger partial charge in [-0.25, -0.2) is 0 Å². The Morgan fingerprint density at radius 1 is 0.727 bits per heavy atom. The topological polar surface area (TPSA) is 76.7 Å². The number of carbonyl (C=O) groups is 2. The molecule has 3 rings (SSSR count). The number of carbonyl (C=O) groups excluding carboxylic acids is 2. The molecule has 0 heterocycles. The minimum Gasteiger partial charge on any atom is -0.497 e. The zero-order valence-electron chi connectivity index (χ0n) is 19.4. The van der Waals surface area contributed by atoms with Crippen molar-refractivity contribution in [3.05, 3.63) is 95.6 Å². The Labute approximate surface area is 194 Å². The van der Waals surface area contributed by atoms with Crippen LogP contribution in [0.15, 0.2) is 78.9 Å². The average molecular weight is 447 g/mol. The molecule has 0 saturated carbocycles. The van der Waals surface area contributed by atoms with Gasteiger partial charge in [-0.3, -0.25) is 9.59 Å². The van der Waals surface area contributed by atoms with E-state index in [1.54, 1.807) is 18.2 Å². The van der Waals surface area contributed by atoms with E-state index in [-0.39, 0.29) is 23.8 Å². The highest BCUT2D eigenvalue weighted by Crippen LogP contribution is 2.24. The Hall–Kier alpha value is -3.80. The largest absolute Gasteiger partial charge is 0.497 e. The standard InChI is InChI=1S/C27H30N2O4/c1-18(2)24(28-26(30)21-15-22(32-3)17-23(16-21)33-4)27(31)29-25(19-11-7-5-8-12-19)20-13-9-6-10-14-20/h5-18,24-25H,1-4H3,(H,28,30)(H,29,31)/t24-/m1/s1. The molecule has 0 spiro atoms. The molecule has 0 aromatic heterocycles. The first kappa shape index (κ1) is 23.9. The molecule has 6 heteroatoms. The molecule has 0 fully saturated rings. The minimum atomic E-state index is -0.732. The van der Waals surface area contributed by atoms with Crippen LogP contribution in [0.2, 0.25) is 0 Å². The monoisotopic (exact) mass is 446 g/mol. The van der Waals surface area contributed by atoms with Crippen molar-refractivity contribution in [2.75, 3.05) is 14.2 Å². The van der Waals surface area contributed by atoms with E-state index in [0.29, 0.717) is 17.1 Å². The molecule has 0 bridgehead atoms. The number of hydrogen-bond donors (Lipinski definition) is 2. The van der Waals surface area contributed by atoms with E-state index < -0.39 is 6.04 Å². The van der Waals surface area contributed by atoms with E-state index in [1.165, 1.54) is 14.2 Å². The first-order valence-corrected chi connectivity index (χ1v) is 10.9. The van der Waals surface area contributed by atoms with E-state index in [1.807, 2.05) is 74.5 Å². The van der Waals surface area contributed by atoms with Crippen LogP contribution in [-0.4, -0.2) is 32.1 Å². The highest BCUT2D eigenvalue weighted by atomic mass is 16.5. The van der Waals surface area contributed by atoms with Gasteiger partial charge in [-0.05, 0) is 29.2 Å². The van der Waals surface area contributed by atoms with Crippen molar-refractivity contribution in [1.29, 1.82) is 0 Å². The number of hydrogen-bond acceptors (Lipinski definition) is 4. The molecule has 3 aromatic rings. The summed E-state index contributed by atoms with van der Waals surface area (Å²) in [6, 6.07) is 23.4. The summed E-state index contributed by atoms with van der Waals surface area (Å²) >= 11 is 0. The van der Waals surface area contributed by atoms with Gasteiger partial charge in [-0.2, -0.15) is 0 Å². The van der Waals surface area contributed by atoms with Gasteiger partial charge in [0.05, 0.1) is 20.3 Å². The van der Waals surface area contributed by atoms with Crippen LogP contribution in [0.5, 0.6) is 11.5 Å². The maximum Gasteiger partial charge on any atom is 0.252 e. The Kier molecular flexibility index (Phi) is 8.08. The zero-order chi connectivity index (χ0) is 23.8. The van der Waals surface area contributed by atoms with Crippen molar-refractivity contribution >= 4 is 11.8 Å². The average Bonchev–Trinajstić information content (AvgIpc) is 2.85. The van der Waals surface area contributed by atoms with Gasteiger partial charge in [-0.1, -0.05) is 74.5 Å². The third kappa shape index (κ3) is 6.13. The van der Waals surface area contributed by atoms with Gasteiger partial charge >= 0.3 is 0 Å². The van der Waals surface area contributed by atoms with Crippen LogP contribution in [0.3, 0.4) is 0 Å². The fraction of sp³-hybridized carbons (Fsp3) is 0.259. The molecule has 6 nitrogen and oxygen atoms in total. The van der Waals surface area contributed by atoms with Crippen molar-refractivity contribution in [1.82, 2.24) is 10.6 Å². The smallest absolute Gasteiger partial charge is 0.252 e. The lowest BCUT2D eigenvalue weighted by Crippen LogP contribution is -2.50. The third-order valence-electron chi connectivity index (χ3n) is 5.40. The van der Waals surface area contributed by atoms with Crippen molar-refractivity contribution in [3.63, 3.8) is 0 Å². The van der Waals surface area contributed by atoms with Crippen LogP contribution in [0.25, 0.3) is 0 Å². The first-order chi connectivity index (χ1) is 15.9. The second-order valence-electron chi connectivity index (χ2n) is 8.06. The van der Waals surface area contributed by atoms with Crippen LogP contribution in [0, 0.1) is 5.92 Å². The maximum atomic E-state index is 13.4. The van der Waals surface area contributed by atoms with Gasteiger partial charge in [-0.15, -0.1) is 0 Å². The number of rotatable bonds is 9. The summed E-state index contributed by atoms with van der Waals surface area (Å²) in [6.45, 7) is 3.80. The molecular weight excluding hydrogens is 416 g/mol. The number of amides is 2. The first-order valence-electron chi connectivity index (χ1n) is 10.9. The van der Waals surface area contributed by atoms with Gasteiger partial charge in [0.1, 0.15) is 17.5 Å². The Morgan fingerprint density at radius 2 is 1.21 bits per heavy atom. The number of benzene rings is 3. The molecule has 3 aromatic carbocycles. The van der Waals surface area contributed by atoms with Crippen LogP contribution in [0.4, 0.5) is 0 Å². The van der Waals surface area contributed by atoms with E-state index >= 15 is 0 Å². The lowest BCUT2D eigenvalue weighted by atomic mass is 9.96. The molecule has 0 aliphatic heterocycles. The van der Waals surface area contributed by atoms with Crippen molar-refractivity contribution in [2.24, 2.45) is 5.92 Å². The molecule has 2 N–H and O–H groups in total. The Balaban J connectivity index is 1.84. The van der Waals surface area contributed by atoms with Crippen LogP contribution < -0.4 is 20.1 Å². The SMILES string of the molecule is COc1cc(OC)cc(C(=O)N[C@@H](C(=O)NC(c2ccccc2)c2ccccc2)C(C)C)c1. The lowest BCUT2D eigenvalue weighted by molar-refractivity contribution is -0.124. The summed E-state index contributed by atoms with van der Waals surface area (Å²) in [5, 5.41) is 6.01. The van der Waals surface area contributed by atoms with Crippen molar-refractivity contribution < 1.29 is 19.1 Å². The summed E-state index contributed by atoms with van der Waals surface area (Å²) in [6.07, 6.45) is 0. The van der Waals surface area contributed by atoms with E-state index in [2.05, 4.69) is 10.6 Å². The number of methoxy groups -OCH3 is 2. The van der Waals surface area contributed by atoms with E-state index in [9.17, 15) is 9.59 Å². The van der Waals surface area contributed by atoms with E-state index in [0.717, 1.165) is 11.1 Å². The Bertz CT molecular complexity index is 1010. The summed E-state index contributed by atoms with van der Waals surface area (Å²) in [7, 11) is 3.04. The number of ether oxygens (including phenoxy) is 2. The third-order valence-corrected chi connectivity index (χ3v) is 5.40. The Morgan fingerprint density at radius 3 is 1.64 bits per heavy atom. The maximum absolute atomic E-state index is 13.4. The minimum absolute atomic E-state index is 0.131. The molecule has 0 aliphatic carbocycles. The molecule has 1 atom stereocenters. The van der Waals surface area contributed by atoms with Crippen molar-refractivity contribution in [2.45, 2.75) is 25.9 Å². The molecule has 0 saturated heterocycles. The van der Waals surface area contributed by atoms with Gasteiger partial charge in [0.25, 0.3) is 5.91 Å². The highest BCUT2D eigenvalue weighted by molar-refractivity contribution is 5.98. The summed E-state index contributed by atoms with van der Waals surface area (Å²) in [4.78, 5) is 26.4. The molecule has 0 unspecified atom stereocenters. The normalized spacial score (nSPS) is 11.7. The molecule has 0 aliphatic rings. The molecule has 33 heavy (non-hydrogen) atoms. The predicted molar refractivity (Wildman–Crippen MR) is 129 cm³/mol. The molecular formula is C27H30N2O4. The summed E-state index contributed by atoms with van der Waals surface area (Å²) in [5.41, 5.74) is 2.28. The fourth-order valence-corrected chi connectivity index (χ4v) is 3.58. The second-order valence-corrected chi connectivity index (χ2v) is 8.06. The van der Waals surface area contributed by atoms with Crippen LogP contribution in [0.1, 0.15) is 41.4 Å².